The lowest BCUT2D eigenvalue weighted by atomic mass is 9.94. The number of likely N-dealkylation sites (tertiary alicyclic amines) is 2. The molecule has 2 fully saturated rings. The van der Waals surface area contributed by atoms with Crippen molar-refractivity contribution in [2.24, 2.45) is 11.7 Å². The van der Waals surface area contributed by atoms with Gasteiger partial charge in [0.2, 0.25) is 5.91 Å². The zero-order valence-electron chi connectivity index (χ0n) is 12.6. The molecule has 2 aliphatic rings. The van der Waals surface area contributed by atoms with E-state index in [-0.39, 0.29) is 24.8 Å². The standard InChI is InChI=1S/C14H27N3O.2ClH/c1-11(2)17-10-12(3-4-14(17)18)9-16-7-5-13(15)6-8-16;;/h11-13H,3-10,15H2,1-2H3;2*1H. The van der Waals surface area contributed by atoms with Crippen LogP contribution in [-0.2, 0) is 4.79 Å². The molecule has 1 amide bonds. The minimum absolute atomic E-state index is 0. The first-order valence-electron chi connectivity index (χ1n) is 7.33. The van der Waals surface area contributed by atoms with Gasteiger partial charge >= 0.3 is 0 Å². The Morgan fingerprint density at radius 3 is 2.35 bits per heavy atom. The lowest BCUT2D eigenvalue weighted by molar-refractivity contribution is -0.137. The molecule has 0 aromatic rings. The summed E-state index contributed by atoms with van der Waals surface area (Å²) in [5.41, 5.74) is 5.93. The molecule has 2 heterocycles. The van der Waals surface area contributed by atoms with Crippen LogP contribution in [0.2, 0.25) is 0 Å². The lowest BCUT2D eigenvalue weighted by Crippen LogP contribution is -2.48. The molecule has 0 aromatic carbocycles. The van der Waals surface area contributed by atoms with E-state index in [9.17, 15) is 4.79 Å². The molecular formula is C14H29Cl2N3O. The third kappa shape index (κ3) is 5.40. The number of amides is 1. The molecule has 2 N–H and O–H groups in total. The highest BCUT2D eigenvalue weighted by molar-refractivity contribution is 5.85. The van der Waals surface area contributed by atoms with Gasteiger partial charge in [-0.3, -0.25) is 4.79 Å². The van der Waals surface area contributed by atoms with Crippen LogP contribution in [-0.4, -0.2) is 54.0 Å². The van der Waals surface area contributed by atoms with Gasteiger partial charge < -0.3 is 15.5 Å². The first-order valence-corrected chi connectivity index (χ1v) is 7.33. The zero-order chi connectivity index (χ0) is 13.1. The fourth-order valence-electron chi connectivity index (χ4n) is 3.09. The molecule has 0 aliphatic carbocycles. The molecule has 0 radical (unpaired) electrons. The Morgan fingerprint density at radius 1 is 1.20 bits per heavy atom. The topological polar surface area (TPSA) is 49.6 Å². The summed E-state index contributed by atoms with van der Waals surface area (Å²) in [7, 11) is 0. The average molecular weight is 326 g/mol. The van der Waals surface area contributed by atoms with Crippen LogP contribution in [0.4, 0.5) is 0 Å². The molecule has 0 aromatic heterocycles. The minimum atomic E-state index is 0. The molecule has 1 atom stereocenters. The van der Waals surface area contributed by atoms with Crippen LogP contribution in [0.5, 0.6) is 0 Å². The first kappa shape index (κ1) is 20.0. The molecule has 0 saturated carbocycles. The molecule has 2 rings (SSSR count). The predicted octanol–water partition coefficient (Wildman–Crippen LogP) is 1.90. The number of nitrogens with zero attached hydrogens (tertiary/aromatic N) is 2. The van der Waals surface area contributed by atoms with E-state index in [4.69, 9.17) is 5.73 Å². The molecule has 0 bridgehead atoms. The molecule has 2 saturated heterocycles. The fraction of sp³-hybridized carbons (Fsp3) is 0.929. The summed E-state index contributed by atoms with van der Waals surface area (Å²) in [5.74, 6) is 0.987. The maximum atomic E-state index is 11.8. The smallest absolute Gasteiger partial charge is 0.222 e. The zero-order valence-corrected chi connectivity index (χ0v) is 14.2. The number of rotatable bonds is 3. The number of carbonyl (C=O) groups excluding carboxylic acids is 1. The number of halogens is 2. The van der Waals surface area contributed by atoms with Crippen molar-refractivity contribution in [2.75, 3.05) is 26.2 Å². The summed E-state index contributed by atoms with van der Waals surface area (Å²) in [4.78, 5) is 16.4. The number of piperidine rings is 2. The van der Waals surface area contributed by atoms with Gasteiger partial charge in [0.15, 0.2) is 0 Å². The maximum absolute atomic E-state index is 11.8. The second kappa shape index (κ2) is 9.08. The number of hydrogen-bond donors (Lipinski definition) is 1. The van der Waals surface area contributed by atoms with Crippen LogP contribution in [0.3, 0.4) is 0 Å². The summed E-state index contributed by atoms with van der Waals surface area (Å²) >= 11 is 0. The van der Waals surface area contributed by atoms with Crippen molar-refractivity contribution in [3.8, 4) is 0 Å². The van der Waals surface area contributed by atoms with Crippen molar-refractivity contribution in [2.45, 2.75) is 51.6 Å². The van der Waals surface area contributed by atoms with Crippen molar-refractivity contribution < 1.29 is 4.79 Å². The molecule has 1 unspecified atom stereocenters. The van der Waals surface area contributed by atoms with Gasteiger partial charge in [0.1, 0.15) is 0 Å². The highest BCUT2D eigenvalue weighted by Gasteiger charge is 2.29. The second-order valence-electron chi connectivity index (χ2n) is 6.18. The summed E-state index contributed by atoms with van der Waals surface area (Å²) in [6, 6.07) is 0.747. The average Bonchev–Trinajstić information content (AvgIpc) is 2.34. The Kier molecular flexibility index (Phi) is 9.07. The van der Waals surface area contributed by atoms with Gasteiger partial charge in [0.05, 0.1) is 0 Å². The molecule has 120 valence electrons. The number of carbonyl (C=O) groups is 1. The largest absolute Gasteiger partial charge is 0.340 e. The Balaban J connectivity index is 0.00000180. The number of hydrogen-bond acceptors (Lipinski definition) is 3. The summed E-state index contributed by atoms with van der Waals surface area (Å²) in [5, 5.41) is 0. The Labute approximate surface area is 135 Å². The molecule has 20 heavy (non-hydrogen) atoms. The normalized spacial score (nSPS) is 25.3. The van der Waals surface area contributed by atoms with Crippen LogP contribution in [0.1, 0.15) is 39.5 Å². The fourth-order valence-corrected chi connectivity index (χ4v) is 3.09. The second-order valence-corrected chi connectivity index (χ2v) is 6.18. The Hall–Kier alpha value is -0.0300. The number of nitrogens with two attached hydrogens (primary N) is 1. The van der Waals surface area contributed by atoms with E-state index in [1.807, 2.05) is 4.90 Å². The van der Waals surface area contributed by atoms with E-state index in [0.717, 1.165) is 51.9 Å². The van der Waals surface area contributed by atoms with E-state index in [0.29, 0.717) is 23.9 Å². The summed E-state index contributed by atoms with van der Waals surface area (Å²) in [6.45, 7) is 8.57. The quantitative estimate of drug-likeness (QED) is 0.862. The van der Waals surface area contributed by atoms with E-state index in [1.54, 1.807) is 0 Å². The van der Waals surface area contributed by atoms with Gasteiger partial charge in [0.25, 0.3) is 0 Å². The monoisotopic (exact) mass is 325 g/mol. The van der Waals surface area contributed by atoms with Crippen LogP contribution in [0.15, 0.2) is 0 Å². The molecule has 4 nitrogen and oxygen atoms in total. The van der Waals surface area contributed by atoms with Gasteiger partial charge in [-0.2, -0.15) is 0 Å². The van der Waals surface area contributed by atoms with Crippen LogP contribution < -0.4 is 5.73 Å². The predicted molar refractivity (Wildman–Crippen MR) is 87.7 cm³/mol. The Bertz CT molecular complexity index is 294. The highest BCUT2D eigenvalue weighted by Crippen LogP contribution is 2.21. The van der Waals surface area contributed by atoms with Crippen LogP contribution in [0, 0.1) is 5.92 Å². The van der Waals surface area contributed by atoms with Crippen molar-refractivity contribution in [3.05, 3.63) is 0 Å². The molecule has 0 spiro atoms. The maximum Gasteiger partial charge on any atom is 0.222 e. The molecule has 6 heteroatoms. The van der Waals surface area contributed by atoms with Gasteiger partial charge in [-0.15, -0.1) is 24.8 Å². The van der Waals surface area contributed by atoms with Crippen molar-refractivity contribution in [1.29, 1.82) is 0 Å². The van der Waals surface area contributed by atoms with Crippen molar-refractivity contribution in [3.63, 3.8) is 0 Å². The first-order chi connectivity index (χ1) is 8.56. The minimum Gasteiger partial charge on any atom is -0.340 e. The molecule has 2 aliphatic heterocycles. The SMILES string of the molecule is CC(C)N1CC(CN2CCC(N)CC2)CCC1=O.Cl.Cl. The highest BCUT2D eigenvalue weighted by atomic mass is 35.5. The van der Waals surface area contributed by atoms with Gasteiger partial charge in [-0.1, -0.05) is 0 Å². The van der Waals surface area contributed by atoms with Gasteiger partial charge in [-0.25, -0.2) is 0 Å². The third-order valence-electron chi connectivity index (χ3n) is 4.31. The lowest BCUT2D eigenvalue weighted by Gasteiger charge is -2.39. The summed E-state index contributed by atoms with van der Waals surface area (Å²) < 4.78 is 0. The van der Waals surface area contributed by atoms with E-state index in [1.165, 1.54) is 0 Å². The van der Waals surface area contributed by atoms with Gasteiger partial charge in [0, 0.05) is 31.6 Å². The molecular weight excluding hydrogens is 297 g/mol. The van der Waals surface area contributed by atoms with E-state index < -0.39 is 0 Å². The van der Waals surface area contributed by atoms with Crippen molar-refractivity contribution >= 4 is 30.7 Å². The van der Waals surface area contributed by atoms with Crippen molar-refractivity contribution in [1.82, 2.24) is 9.80 Å². The van der Waals surface area contributed by atoms with E-state index in [2.05, 4.69) is 18.7 Å². The Morgan fingerprint density at radius 2 is 1.80 bits per heavy atom. The van der Waals surface area contributed by atoms with Gasteiger partial charge in [-0.05, 0) is 52.1 Å². The van der Waals surface area contributed by atoms with Crippen LogP contribution >= 0.6 is 24.8 Å². The van der Waals surface area contributed by atoms with Crippen LogP contribution in [0.25, 0.3) is 0 Å². The summed E-state index contributed by atoms with van der Waals surface area (Å²) in [6.07, 6.45) is 4.04. The van der Waals surface area contributed by atoms with E-state index >= 15 is 0 Å². The third-order valence-corrected chi connectivity index (χ3v) is 4.31.